The summed E-state index contributed by atoms with van der Waals surface area (Å²) < 4.78 is 71.3. The van der Waals surface area contributed by atoms with Gasteiger partial charge in [-0.15, -0.1) is 0 Å². The van der Waals surface area contributed by atoms with Crippen molar-refractivity contribution >= 4 is 10.8 Å². The Morgan fingerprint density at radius 2 is 1.35 bits per heavy atom. The Labute approximate surface area is 177 Å². The molecule has 0 aliphatic carbocycles. The molecule has 0 atom stereocenters. The van der Waals surface area contributed by atoms with Gasteiger partial charge < -0.3 is 0 Å². The molecule has 0 fully saturated rings. The van der Waals surface area contributed by atoms with Gasteiger partial charge in [0.1, 0.15) is 17.5 Å². The van der Waals surface area contributed by atoms with Crippen LogP contribution in [0, 0.1) is 29.1 Å². The highest BCUT2D eigenvalue weighted by atomic mass is 19.2. The summed E-state index contributed by atoms with van der Waals surface area (Å²) >= 11 is 0. The van der Waals surface area contributed by atoms with Crippen molar-refractivity contribution in [3.8, 4) is 22.3 Å². The van der Waals surface area contributed by atoms with Gasteiger partial charge in [-0.1, -0.05) is 49.7 Å². The average Bonchev–Trinajstić information content (AvgIpc) is 2.74. The lowest BCUT2D eigenvalue weighted by Gasteiger charge is -2.12. The smallest absolute Gasteiger partial charge is 0.159 e. The lowest BCUT2D eigenvalue weighted by Crippen LogP contribution is -1.96. The Kier molecular flexibility index (Phi) is 5.77. The maximum absolute atomic E-state index is 15.2. The summed E-state index contributed by atoms with van der Waals surface area (Å²) in [5.74, 6) is -4.87. The Balaban J connectivity index is 1.77. The maximum Gasteiger partial charge on any atom is 0.159 e. The predicted octanol–water partition coefficient (Wildman–Crippen LogP) is 8.21. The van der Waals surface area contributed by atoms with Crippen molar-refractivity contribution in [2.24, 2.45) is 0 Å². The molecule has 0 radical (unpaired) electrons. The molecule has 4 aromatic rings. The quantitative estimate of drug-likeness (QED) is 0.282. The van der Waals surface area contributed by atoms with E-state index in [1.165, 1.54) is 6.07 Å². The summed E-state index contributed by atoms with van der Waals surface area (Å²) in [7, 11) is 0. The fourth-order valence-corrected chi connectivity index (χ4v) is 3.76. The summed E-state index contributed by atoms with van der Waals surface area (Å²) in [6.45, 7) is 2.10. The maximum atomic E-state index is 15.2. The molecule has 0 heterocycles. The highest BCUT2D eigenvalue weighted by Gasteiger charge is 2.18. The number of fused-ring (bicyclic) bond motifs is 1. The van der Waals surface area contributed by atoms with Crippen LogP contribution in [0.2, 0.25) is 0 Å². The van der Waals surface area contributed by atoms with Gasteiger partial charge in [0.15, 0.2) is 11.6 Å². The van der Waals surface area contributed by atoms with Crippen LogP contribution in [0.5, 0.6) is 0 Å². The van der Waals surface area contributed by atoms with Crippen LogP contribution in [0.15, 0.2) is 60.7 Å². The molecule has 0 nitrogen and oxygen atoms in total. The van der Waals surface area contributed by atoms with Crippen LogP contribution in [0.25, 0.3) is 33.0 Å². The summed E-state index contributed by atoms with van der Waals surface area (Å²) in [4.78, 5) is 0. The van der Waals surface area contributed by atoms with Gasteiger partial charge in [-0.3, -0.25) is 0 Å². The Morgan fingerprint density at radius 3 is 2.03 bits per heavy atom. The van der Waals surface area contributed by atoms with Gasteiger partial charge in [0.25, 0.3) is 0 Å². The van der Waals surface area contributed by atoms with Crippen molar-refractivity contribution in [2.45, 2.75) is 26.2 Å². The molecule has 0 spiro atoms. The first-order valence-corrected chi connectivity index (χ1v) is 10.0. The van der Waals surface area contributed by atoms with Gasteiger partial charge in [-0.2, -0.15) is 0 Å². The van der Waals surface area contributed by atoms with Gasteiger partial charge in [0.2, 0.25) is 0 Å². The largest absolute Gasteiger partial charge is 0.206 e. The molecule has 0 saturated heterocycles. The molecule has 4 rings (SSSR count). The number of aryl methyl sites for hydroxylation is 1. The second-order valence-electron chi connectivity index (χ2n) is 7.53. The predicted molar refractivity (Wildman–Crippen MR) is 113 cm³/mol. The fourth-order valence-electron chi connectivity index (χ4n) is 3.76. The lowest BCUT2D eigenvalue weighted by molar-refractivity contribution is 0.508. The van der Waals surface area contributed by atoms with Gasteiger partial charge in [0.05, 0.1) is 5.56 Å². The van der Waals surface area contributed by atoms with Crippen LogP contribution in [0.3, 0.4) is 0 Å². The highest BCUT2D eigenvalue weighted by molar-refractivity contribution is 5.89. The van der Waals surface area contributed by atoms with Crippen molar-refractivity contribution in [1.82, 2.24) is 0 Å². The molecule has 31 heavy (non-hydrogen) atoms. The summed E-state index contributed by atoms with van der Waals surface area (Å²) in [5, 5.41) is 1.08. The molecular formula is C26H19F5. The van der Waals surface area contributed by atoms with Crippen molar-refractivity contribution < 1.29 is 22.0 Å². The van der Waals surface area contributed by atoms with Crippen LogP contribution in [0.4, 0.5) is 22.0 Å². The molecule has 5 heteroatoms. The van der Waals surface area contributed by atoms with Crippen LogP contribution in [0.1, 0.15) is 25.3 Å². The minimum atomic E-state index is -1.21. The molecule has 0 unspecified atom stereocenters. The fraction of sp³-hybridized carbons (Fsp3) is 0.154. The second-order valence-corrected chi connectivity index (χ2v) is 7.53. The van der Waals surface area contributed by atoms with Crippen molar-refractivity contribution in [2.75, 3.05) is 0 Å². The van der Waals surface area contributed by atoms with E-state index in [1.807, 2.05) is 12.1 Å². The molecular weight excluding hydrogens is 407 g/mol. The molecule has 158 valence electrons. The third-order valence-corrected chi connectivity index (χ3v) is 5.40. The Morgan fingerprint density at radius 1 is 0.645 bits per heavy atom. The molecule has 0 amide bonds. The standard InChI is InChI=1S/C26H19F5/c1-2-3-4-15-5-8-19-16(11-15)6-9-20(26(19)31)18-13-23(29)25(24(30)14-18)17-7-10-21(27)22(28)12-17/h5-14H,2-4H2,1H3. The number of rotatable bonds is 5. The van der Waals surface area contributed by atoms with Crippen molar-refractivity contribution in [3.05, 3.63) is 95.3 Å². The number of unbranched alkanes of at least 4 members (excludes halogenated alkanes) is 1. The summed E-state index contributed by atoms with van der Waals surface area (Å²) in [5.41, 5.74) is 0.553. The first kappa shape index (κ1) is 21.0. The second kappa shape index (κ2) is 8.50. The molecule has 0 aliphatic heterocycles. The van der Waals surface area contributed by atoms with Crippen LogP contribution >= 0.6 is 0 Å². The zero-order valence-electron chi connectivity index (χ0n) is 16.8. The van der Waals surface area contributed by atoms with Gasteiger partial charge in [-0.05, 0) is 59.2 Å². The first-order valence-electron chi connectivity index (χ1n) is 10.0. The van der Waals surface area contributed by atoms with E-state index in [1.54, 1.807) is 12.1 Å². The molecule has 0 saturated carbocycles. The Hall–Kier alpha value is -3.21. The van der Waals surface area contributed by atoms with E-state index in [2.05, 4.69) is 6.92 Å². The average molecular weight is 426 g/mol. The zero-order valence-corrected chi connectivity index (χ0v) is 16.8. The minimum absolute atomic E-state index is 0.0239. The van der Waals surface area contributed by atoms with E-state index in [9.17, 15) is 17.6 Å². The topological polar surface area (TPSA) is 0 Å². The zero-order chi connectivity index (χ0) is 22.1. The minimum Gasteiger partial charge on any atom is -0.206 e. The van der Waals surface area contributed by atoms with E-state index in [0.717, 1.165) is 55.2 Å². The molecule has 0 N–H and O–H groups in total. The number of benzene rings is 4. The Bertz CT molecular complexity index is 1250. The van der Waals surface area contributed by atoms with Crippen molar-refractivity contribution in [1.29, 1.82) is 0 Å². The number of hydrogen-bond donors (Lipinski definition) is 0. The van der Waals surface area contributed by atoms with Crippen LogP contribution in [-0.4, -0.2) is 0 Å². The SMILES string of the molecule is CCCCc1ccc2c(F)c(-c3cc(F)c(-c4ccc(F)c(F)c4)c(F)c3)ccc2c1. The monoisotopic (exact) mass is 426 g/mol. The highest BCUT2D eigenvalue weighted by Crippen LogP contribution is 2.35. The van der Waals surface area contributed by atoms with Gasteiger partial charge in [0, 0.05) is 10.9 Å². The van der Waals surface area contributed by atoms with Gasteiger partial charge in [-0.25, -0.2) is 22.0 Å². The van der Waals surface area contributed by atoms with Crippen LogP contribution < -0.4 is 0 Å². The van der Waals surface area contributed by atoms with E-state index >= 15 is 4.39 Å². The third-order valence-electron chi connectivity index (χ3n) is 5.40. The normalized spacial score (nSPS) is 11.3. The molecule has 0 bridgehead atoms. The van der Waals surface area contributed by atoms with Crippen molar-refractivity contribution in [3.63, 3.8) is 0 Å². The van der Waals surface area contributed by atoms with E-state index in [-0.39, 0.29) is 16.7 Å². The number of halogens is 5. The molecule has 0 aromatic heterocycles. The summed E-state index contributed by atoms with van der Waals surface area (Å²) in [6.07, 6.45) is 3.00. The van der Waals surface area contributed by atoms with Gasteiger partial charge >= 0.3 is 0 Å². The summed E-state index contributed by atoms with van der Waals surface area (Å²) in [6, 6.07) is 13.3. The van der Waals surface area contributed by atoms with E-state index in [4.69, 9.17) is 0 Å². The molecule has 0 aliphatic rings. The number of hydrogen-bond acceptors (Lipinski definition) is 0. The van der Waals surface area contributed by atoms with E-state index < -0.39 is 34.6 Å². The first-order chi connectivity index (χ1) is 14.9. The van der Waals surface area contributed by atoms with E-state index in [0.29, 0.717) is 10.8 Å². The molecule has 4 aromatic carbocycles. The third kappa shape index (κ3) is 4.05. The lowest BCUT2D eigenvalue weighted by atomic mass is 9.95. The van der Waals surface area contributed by atoms with Crippen LogP contribution in [-0.2, 0) is 6.42 Å².